The van der Waals surface area contributed by atoms with Crippen molar-refractivity contribution in [2.45, 2.75) is 19.8 Å². The lowest BCUT2D eigenvalue weighted by atomic mass is 10.0. The molecule has 0 spiro atoms. The van der Waals surface area contributed by atoms with Gasteiger partial charge >= 0.3 is 0 Å². The largest absolute Gasteiger partial charge is 0.484 e. The molecule has 1 saturated heterocycles. The van der Waals surface area contributed by atoms with Crippen LogP contribution in [0.1, 0.15) is 30.9 Å². The smallest absolute Gasteiger partial charge is 0.294 e. The number of hydrogen-bond acceptors (Lipinski definition) is 6. The Balaban J connectivity index is 1.31. The third kappa shape index (κ3) is 7.28. The Bertz CT molecular complexity index is 1490. The van der Waals surface area contributed by atoms with Gasteiger partial charge in [-0.05, 0) is 71.3 Å². The highest BCUT2D eigenvalue weighted by molar-refractivity contribution is 8.18. The molecular formula is C29H25ClFN3O5S. The fourth-order valence-electron chi connectivity index (χ4n) is 3.82. The third-order valence-corrected chi connectivity index (χ3v) is 6.98. The van der Waals surface area contributed by atoms with Crippen LogP contribution in [-0.2, 0) is 14.4 Å². The number of thioether (sulfide) groups is 1. The van der Waals surface area contributed by atoms with Gasteiger partial charge in [0.15, 0.2) is 6.61 Å². The van der Waals surface area contributed by atoms with Gasteiger partial charge in [0.1, 0.15) is 18.1 Å². The molecule has 206 valence electrons. The topological polar surface area (TPSA) is 105 Å². The molecule has 0 saturated carbocycles. The number of ether oxygens (including phenoxy) is 1. The van der Waals surface area contributed by atoms with Crippen molar-refractivity contribution in [2.24, 2.45) is 0 Å². The second-order valence-corrected chi connectivity index (χ2v) is 10.5. The maximum atomic E-state index is 13.3. The molecule has 3 aromatic rings. The lowest BCUT2D eigenvalue weighted by molar-refractivity contribution is -0.127. The predicted octanol–water partition coefficient (Wildman–Crippen LogP) is 6.30. The van der Waals surface area contributed by atoms with Crippen LogP contribution in [-0.4, -0.2) is 41.0 Å². The number of rotatable bonds is 9. The average molecular weight is 582 g/mol. The number of anilines is 2. The van der Waals surface area contributed by atoms with E-state index in [1.54, 1.807) is 24.3 Å². The lowest BCUT2D eigenvalue weighted by Gasteiger charge is -2.14. The van der Waals surface area contributed by atoms with Crippen molar-refractivity contribution in [1.29, 1.82) is 0 Å². The van der Waals surface area contributed by atoms with Crippen LogP contribution >= 0.6 is 23.4 Å². The quantitative estimate of drug-likeness (QED) is 0.288. The van der Waals surface area contributed by atoms with Crippen LogP contribution in [0.25, 0.3) is 6.08 Å². The number of carbonyl (C=O) groups excluding carboxylic acids is 4. The molecule has 0 unspecified atom stereocenters. The number of hydrogen-bond donors (Lipinski definition) is 2. The molecule has 0 radical (unpaired) electrons. The number of nitrogens with one attached hydrogen (secondary N) is 2. The molecule has 1 aliphatic rings. The lowest BCUT2D eigenvalue weighted by Crippen LogP contribution is -2.36. The first-order valence-corrected chi connectivity index (χ1v) is 13.4. The molecular weight excluding hydrogens is 557 g/mol. The maximum absolute atomic E-state index is 13.3. The third-order valence-electron chi connectivity index (χ3n) is 5.78. The minimum Gasteiger partial charge on any atom is -0.484 e. The monoisotopic (exact) mass is 581 g/mol. The number of imide groups is 1. The minimum atomic E-state index is -0.635. The molecule has 4 rings (SSSR count). The van der Waals surface area contributed by atoms with Crippen molar-refractivity contribution in [1.82, 2.24) is 4.90 Å². The second kappa shape index (κ2) is 12.8. The van der Waals surface area contributed by atoms with Gasteiger partial charge in [-0.25, -0.2) is 4.39 Å². The fraction of sp³-hybridized carbons (Fsp3) is 0.172. The van der Waals surface area contributed by atoms with Crippen molar-refractivity contribution in [3.05, 3.63) is 93.6 Å². The van der Waals surface area contributed by atoms with Gasteiger partial charge in [0.05, 0.1) is 9.93 Å². The minimum absolute atomic E-state index is 0.152. The molecule has 40 heavy (non-hydrogen) atoms. The zero-order valence-electron chi connectivity index (χ0n) is 21.6. The number of amides is 4. The number of carbonyl (C=O) groups is 4. The molecule has 11 heteroatoms. The van der Waals surface area contributed by atoms with E-state index in [1.165, 1.54) is 18.2 Å². The van der Waals surface area contributed by atoms with Crippen LogP contribution in [0.15, 0.2) is 71.6 Å². The molecule has 0 aromatic heterocycles. The van der Waals surface area contributed by atoms with E-state index < -0.39 is 29.4 Å². The summed E-state index contributed by atoms with van der Waals surface area (Å²) >= 11 is 6.43. The SMILES string of the molecule is CC(C)c1ccccc1NC(=O)COc1ccc(/C=C2/SC(=O)N(CC(=O)Nc3ccc(F)c(Cl)c3)C2=O)cc1. The van der Waals surface area contributed by atoms with E-state index in [9.17, 15) is 23.6 Å². The summed E-state index contributed by atoms with van der Waals surface area (Å²) in [6.45, 7) is 3.41. The van der Waals surface area contributed by atoms with E-state index in [2.05, 4.69) is 10.6 Å². The molecule has 8 nitrogen and oxygen atoms in total. The van der Waals surface area contributed by atoms with Gasteiger partial charge in [-0.2, -0.15) is 0 Å². The number of nitrogens with zero attached hydrogens (tertiary/aromatic N) is 1. The number of para-hydroxylation sites is 1. The van der Waals surface area contributed by atoms with E-state index in [-0.39, 0.29) is 34.0 Å². The molecule has 1 heterocycles. The van der Waals surface area contributed by atoms with Gasteiger partial charge in [0.25, 0.3) is 17.1 Å². The Kier molecular flexibility index (Phi) is 9.23. The Morgan fingerprint density at radius 3 is 2.45 bits per heavy atom. The second-order valence-electron chi connectivity index (χ2n) is 9.09. The molecule has 1 fully saturated rings. The van der Waals surface area contributed by atoms with Crippen molar-refractivity contribution < 1.29 is 28.3 Å². The summed E-state index contributed by atoms with van der Waals surface area (Å²) in [5, 5.41) is 4.59. The van der Waals surface area contributed by atoms with Gasteiger partial charge in [-0.3, -0.25) is 24.1 Å². The molecule has 3 aromatic carbocycles. The van der Waals surface area contributed by atoms with E-state index in [4.69, 9.17) is 16.3 Å². The Labute approximate surface area is 239 Å². The predicted molar refractivity (Wildman–Crippen MR) is 154 cm³/mol. The van der Waals surface area contributed by atoms with E-state index >= 15 is 0 Å². The van der Waals surface area contributed by atoms with Crippen LogP contribution in [0, 0.1) is 5.82 Å². The Morgan fingerprint density at radius 1 is 1.02 bits per heavy atom. The molecule has 2 N–H and O–H groups in total. The maximum Gasteiger partial charge on any atom is 0.294 e. The zero-order valence-corrected chi connectivity index (χ0v) is 23.1. The number of benzene rings is 3. The summed E-state index contributed by atoms with van der Waals surface area (Å²) < 4.78 is 18.9. The van der Waals surface area contributed by atoms with Gasteiger partial charge in [0, 0.05) is 11.4 Å². The molecule has 4 amide bonds. The summed E-state index contributed by atoms with van der Waals surface area (Å²) in [6, 6.07) is 17.9. The summed E-state index contributed by atoms with van der Waals surface area (Å²) in [4.78, 5) is 50.9. The fourth-order valence-corrected chi connectivity index (χ4v) is 4.83. The summed E-state index contributed by atoms with van der Waals surface area (Å²) in [7, 11) is 0. The Hall–Kier alpha value is -4.15. The normalized spacial score (nSPS) is 14.1. The van der Waals surface area contributed by atoms with E-state index in [0.29, 0.717) is 23.1 Å². The van der Waals surface area contributed by atoms with Gasteiger partial charge in [0.2, 0.25) is 5.91 Å². The van der Waals surface area contributed by atoms with Crippen molar-refractivity contribution in [3.8, 4) is 5.75 Å². The first-order valence-electron chi connectivity index (χ1n) is 12.2. The highest BCUT2D eigenvalue weighted by atomic mass is 35.5. The average Bonchev–Trinajstić information content (AvgIpc) is 3.17. The standard InChI is InChI=1S/C29H25ClFN3O5S/c1-17(2)21-5-3-4-6-24(21)33-27(36)16-39-20-10-7-18(8-11-20)13-25-28(37)34(29(38)40-25)15-26(35)32-19-9-12-23(31)22(30)14-19/h3-14,17H,15-16H2,1-2H3,(H,32,35)(H,33,36)/b25-13+. The van der Waals surface area contributed by atoms with Crippen LogP contribution in [0.2, 0.25) is 5.02 Å². The summed E-state index contributed by atoms with van der Waals surface area (Å²) in [6.07, 6.45) is 1.53. The van der Waals surface area contributed by atoms with E-state index in [0.717, 1.165) is 22.2 Å². The van der Waals surface area contributed by atoms with Gasteiger partial charge in [-0.15, -0.1) is 0 Å². The first-order chi connectivity index (χ1) is 19.1. The van der Waals surface area contributed by atoms with Crippen LogP contribution < -0.4 is 15.4 Å². The highest BCUT2D eigenvalue weighted by Crippen LogP contribution is 2.32. The summed E-state index contributed by atoms with van der Waals surface area (Å²) in [5.41, 5.74) is 2.63. The Morgan fingerprint density at radius 2 is 1.75 bits per heavy atom. The van der Waals surface area contributed by atoms with Crippen molar-refractivity contribution >= 4 is 63.8 Å². The van der Waals surface area contributed by atoms with Crippen LogP contribution in [0.4, 0.5) is 20.6 Å². The summed E-state index contributed by atoms with van der Waals surface area (Å²) in [5.74, 6) is -1.47. The molecule has 1 aliphatic heterocycles. The zero-order chi connectivity index (χ0) is 28.8. The number of halogens is 2. The van der Waals surface area contributed by atoms with Crippen molar-refractivity contribution in [3.63, 3.8) is 0 Å². The van der Waals surface area contributed by atoms with Crippen molar-refractivity contribution in [2.75, 3.05) is 23.8 Å². The van der Waals surface area contributed by atoms with Gasteiger partial charge < -0.3 is 15.4 Å². The molecule has 0 bridgehead atoms. The van der Waals surface area contributed by atoms with Crippen LogP contribution in [0.3, 0.4) is 0 Å². The first kappa shape index (κ1) is 28.8. The van der Waals surface area contributed by atoms with Crippen LogP contribution in [0.5, 0.6) is 5.75 Å². The highest BCUT2D eigenvalue weighted by Gasteiger charge is 2.36. The molecule has 0 aliphatic carbocycles. The van der Waals surface area contributed by atoms with Gasteiger partial charge in [-0.1, -0.05) is 55.8 Å². The van der Waals surface area contributed by atoms with E-state index in [1.807, 2.05) is 38.1 Å². The molecule has 0 atom stereocenters.